The largest absolute Gasteiger partial charge is 0.480 e. The first kappa shape index (κ1) is 25.5. The molecular formula is C25H23N5O6S. The number of para-hydroxylation sites is 1. The van der Waals surface area contributed by atoms with Crippen molar-refractivity contribution in [3.8, 4) is 0 Å². The monoisotopic (exact) mass is 521 g/mol. The molecule has 1 aliphatic rings. The van der Waals surface area contributed by atoms with E-state index in [9.17, 15) is 29.6 Å². The number of nitro benzene ring substituents is 1. The number of aliphatic imine (C=N–C) groups is 1. The van der Waals surface area contributed by atoms with Crippen LogP contribution >= 0.6 is 11.3 Å². The molecule has 0 bridgehead atoms. The normalized spacial score (nSPS) is 14.9. The van der Waals surface area contributed by atoms with E-state index >= 15 is 0 Å². The summed E-state index contributed by atoms with van der Waals surface area (Å²) in [6.07, 6.45) is -0.944. The molecule has 1 aliphatic heterocycles. The third-order valence-electron chi connectivity index (χ3n) is 5.56. The summed E-state index contributed by atoms with van der Waals surface area (Å²) >= 11 is 1.20. The lowest BCUT2D eigenvalue weighted by molar-refractivity contribution is -0.385. The molecule has 4 rings (SSSR count). The number of anilines is 2. The number of amides is 3. The van der Waals surface area contributed by atoms with E-state index in [0.717, 1.165) is 15.3 Å². The van der Waals surface area contributed by atoms with E-state index in [4.69, 9.17) is 0 Å². The van der Waals surface area contributed by atoms with Crippen molar-refractivity contribution in [1.82, 2.24) is 5.32 Å². The molecule has 0 radical (unpaired) electrons. The highest BCUT2D eigenvalue weighted by Crippen LogP contribution is 2.38. The summed E-state index contributed by atoms with van der Waals surface area (Å²) < 4.78 is 0. The number of benzene rings is 2. The van der Waals surface area contributed by atoms with Gasteiger partial charge in [0.2, 0.25) is 6.17 Å². The van der Waals surface area contributed by atoms with Crippen molar-refractivity contribution in [3.63, 3.8) is 0 Å². The van der Waals surface area contributed by atoms with Gasteiger partial charge >= 0.3 is 12.0 Å². The number of aryl methyl sites for hydroxylation is 2. The number of fused-ring (bicyclic) bond motifs is 1. The third-order valence-corrected chi connectivity index (χ3v) is 6.87. The van der Waals surface area contributed by atoms with Gasteiger partial charge < -0.3 is 15.7 Å². The van der Waals surface area contributed by atoms with Gasteiger partial charge in [-0.1, -0.05) is 31.2 Å². The number of carbonyl (C=O) groups is 3. The van der Waals surface area contributed by atoms with Crippen molar-refractivity contribution in [2.24, 2.45) is 4.99 Å². The van der Waals surface area contributed by atoms with Crippen LogP contribution in [0.4, 0.5) is 21.2 Å². The van der Waals surface area contributed by atoms with Crippen LogP contribution in [0.1, 0.15) is 28.5 Å². The number of carboxylic acids is 1. The van der Waals surface area contributed by atoms with Gasteiger partial charge in [-0.3, -0.25) is 24.6 Å². The van der Waals surface area contributed by atoms with E-state index in [1.807, 2.05) is 19.9 Å². The molecule has 3 aromatic rings. The number of rotatable bonds is 7. The van der Waals surface area contributed by atoms with Crippen LogP contribution in [0.5, 0.6) is 0 Å². The summed E-state index contributed by atoms with van der Waals surface area (Å²) in [7, 11) is 0. The summed E-state index contributed by atoms with van der Waals surface area (Å²) in [5.74, 6) is -2.04. The number of hydrogen-bond donors (Lipinski definition) is 3. The Bertz CT molecular complexity index is 1430. The molecule has 0 aliphatic carbocycles. The lowest BCUT2D eigenvalue weighted by Gasteiger charge is -2.22. The smallest absolute Gasteiger partial charge is 0.323 e. The van der Waals surface area contributed by atoms with Crippen molar-refractivity contribution in [2.45, 2.75) is 26.4 Å². The van der Waals surface area contributed by atoms with Gasteiger partial charge in [-0.05, 0) is 43.2 Å². The quantitative estimate of drug-likeness (QED) is 0.316. The average Bonchev–Trinajstić information content (AvgIpc) is 3.24. The van der Waals surface area contributed by atoms with E-state index in [1.165, 1.54) is 29.5 Å². The number of nitrogens with one attached hydrogen (secondary N) is 2. The lowest BCUT2D eigenvalue weighted by Crippen LogP contribution is -2.49. The minimum atomic E-state index is -1.54. The number of urea groups is 1. The maximum Gasteiger partial charge on any atom is 0.323 e. The Labute approximate surface area is 215 Å². The summed E-state index contributed by atoms with van der Waals surface area (Å²) in [5, 5.41) is 26.8. The number of aliphatic carboxylic acids is 1. The predicted octanol–water partition coefficient (Wildman–Crippen LogP) is 3.94. The second-order valence-corrected chi connectivity index (χ2v) is 9.34. The van der Waals surface area contributed by atoms with Crippen LogP contribution in [0.15, 0.2) is 59.6 Å². The molecule has 0 fully saturated rings. The number of nitro groups is 1. The zero-order valence-electron chi connectivity index (χ0n) is 19.9. The SMILES string of the molecule is CCc1cc2c(s1)N(CC(=O)O)C(=O)C(NC(=O)Nc1cccc(C)c1)N=C2c1ccccc1[N+](=O)[O-]. The molecule has 0 saturated carbocycles. The number of thiophene rings is 1. The van der Waals surface area contributed by atoms with Gasteiger partial charge in [0.15, 0.2) is 0 Å². The second kappa shape index (κ2) is 10.6. The molecule has 190 valence electrons. The van der Waals surface area contributed by atoms with E-state index in [2.05, 4.69) is 15.6 Å². The summed E-state index contributed by atoms with van der Waals surface area (Å²) in [5.41, 5.74) is 1.79. The Morgan fingerprint density at radius 3 is 2.59 bits per heavy atom. The van der Waals surface area contributed by atoms with E-state index in [0.29, 0.717) is 22.7 Å². The van der Waals surface area contributed by atoms with Crippen molar-refractivity contribution < 1.29 is 24.4 Å². The zero-order chi connectivity index (χ0) is 26.7. The van der Waals surface area contributed by atoms with Crippen LogP contribution in [0.25, 0.3) is 0 Å². The van der Waals surface area contributed by atoms with Gasteiger partial charge in [0.25, 0.3) is 11.6 Å². The number of hydrogen-bond acceptors (Lipinski definition) is 7. The lowest BCUT2D eigenvalue weighted by atomic mass is 10.0. The molecule has 3 amide bonds. The number of nitrogens with zero attached hydrogens (tertiary/aromatic N) is 3. The van der Waals surface area contributed by atoms with Crippen LogP contribution in [-0.2, 0) is 16.0 Å². The standard InChI is InChI=1S/C25H23N5O6S/c1-3-16-12-18-21(17-9-4-5-10-19(17)30(35)36)27-22(23(33)29(13-20(31)32)24(18)37-16)28-25(34)26-15-8-6-7-14(2)11-15/h4-12,22H,3,13H2,1-2H3,(H,31,32)(H2,26,28,34). The topological polar surface area (TPSA) is 154 Å². The van der Waals surface area contributed by atoms with E-state index in [-0.39, 0.29) is 17.0 Å². The van der Waals surface area contributed by atoms with Gasteiger partial charge in [0, 0.05) is 22.2 Å². The fourth-order valence-corrected chi connectivity index (χ4v) is 5.02. The van der Waals surface area contributed by atoms with Gasteiger partial charge in [-0.25, -0.2) is 9.79 Å². The van der Waals surface area contributed by atoms with E-state index < -0.39 is 35.5 Å². The first-order chi connectivity index (χ1) is 17.7. The predicted molar refractivity (Wildman–Crippen MR) is 140 cm³/mol. The van der Waals surface area contributed by atoms with Crippen LogP contribution in [0.3, 0.4) is 0 Å². The average molecular weight is 522 g/mol. The molecule has 0 spiro atoms. The molecule has 1 unspecified atom stereocenters. The minimum Gasteiger partial charge on any atom is -0.480 e. The molecule has 11 nitrogen and oxygen atoms in total. The van der Waals surface area contributed by atoms with Crippen molar-refractivity contribution >= 4 is 51.3 Å². The molecule has 3 N–H and O–H groups in total. The summed E-state index contributed by atoms with van der Waals surface area (Å²) in [6, 6.07) is 13.9. The molecule has 1 aromatic heterocycles. The summed E-state index contributed by atoms with van der Waals surface area (Å²) in [4.78, 5) is 55.7. The van der Waals surface area contributed by atoms with Gasteiger partial charge in [0.05, 0.1) is 16.2 Å². The van der Waals surface area contributed by atoms with E-state index in [1.54, 1.807) is 30.3 Å². The van der Waals surface area contributed by atoms with Crippen molar-refractivity contribution in [3.05, 3.63) is 86.3 Å². The first-order valence-corrected chi connectivity index (χ1v) is 12.1. The molecule has 1 atom stereocenters. The number of carboxylic acid groups (broad SMARTS) is 1. The van der Waals surface area contributed by atoms with Crippen LogP contribution in [0.2, 0.25) is 0 Å². The highest BCUT2D eigenvalue weighted by atomic mass is 32.1. The molecule has 2 heterocycles. The fraction of sp³-hybridized carbons (Fsp3) is 0.200. The van der Waals surface area contributed by atoms with Gasteiger partial charge in [-0.2, -0.15) is 0 Å². The Morgan fingerprint density at radius 2 is 1.92 bits per heavy atom. The molecule has 37 heavy (non-hydrogen) atoms. The minimum absolute atomic E-state index is 0.111. The Balaban J connectivity index is 1.83. The Kier molecular flexibility index (Phi) is 7.30. The third kappa shape index (κ3) is 5.48. The van der Waals surface area contributed by atoms with Crippen LogP contribution in [0, 0.1) is 17.0 Å². The molecular weight excluding hydrogens is 498 g/mol. The highest BCUT2D eigenvalue weighted by Gasteiger charge is 2.37. The highest BCUT2D eigenvalue weighted by molar-refractivity contribution is 7.16. The first-order valence-electron chi connectivity index (χ1n) is 11.3. The zero-order valence-corrected chi connectivity index (χ0v) is 20.7. The van der Waals surface area contributed by atoms with Crippen molar-refractivity contribution in [1.29, 1.82) is 0 Å². The van der Waals surface area contributed by atoms with Gasteiger partial charge in [0.1, 0.15) is 11.5 Å². The Morgan fingerprint density at radius 1 is 1.16 bits per heavy atom. The van der Waals surface area contributed by atoms with Crippen LogP contribution in [-0.4, -0.2) is 46.4 Å². The molecule has 2 aromatic carbocycles. The Hall–Kier alpha value is -4.58. The summed E-state index contributed by atoms with van der Waals surface area (Å²) in [6.45, 7) is 3.08. The number of carbonyl (C=O) groups excluding carboxylic acids is 2. The maximum atomic E-state index is 13.6. The van der Waals surface area contributed by atoms with Crippen LogP contribution < -0.4 is 15.5 Å². The van der Waals surface area contributed by atoms with Gasteiger partial charge in [-0.15, -0.1) is 11.3 Å². The van der Waals surface area contributed by atoms with Crippen molar-refractivity contribution in [2.75, 3.05) is 16.8 Å². The molecule has 12 heteroatoms. The fourth-order valence-electron chi connectivity index (χ4n) is 3.92. The second-order valence-electron chi connectivity index (χ2n) is 8.23. The maximum absolute atomic E-state index is 13.6. The molecule has 0 saturated heterocycles.